The van der Waals surface area contributed by atoms with Crippen molar-refractivity contribution in [2.75, 3.05) is 11.9 Å². The van der Waals surface area contributed by atoms with Crippen LogP contribution >= 0.6 is 34.8 Å². The molecule has 5 nitrogen and oxygen atoms in total. The molecule has 0 aromatic heterocycles. The lowest BCUT2D eigenvalue weighted by atomic mass is 10.2. The summed E-state index contributed by atoms with van der Waals surface area (Å²) < 4.78 is 41.8. The number of nitrogens with zero attached hydrogens (tertiary/aromatic N) is 1. The number of aryl methyl sites for hydroxylation is 1. The predicted octanol–water partition coefficient (Wildman–Crippen LogP) is 5.92. The first kappa shape index (κ1) is 24.5. The molecule has 32 heavy (non-hydrogen) atoms. The zero-order valence-corrected chi connectivity index (χ0v) is 19.9. The van der Waals surface area contributed by atoms with Crippen LogP contribution in [0.25, 0.3) is 0 Å². The second-order valence-corrected chi connectivity index (χ2v) is 10.2. The summed E-state index contributed by atoms with van der Waals surface area (Å²) in [6, 6.07) is 14.4. The van der Waals surface area contributed by atoms with E-state index in [1.807, 2.05) is 0 Å². The summed E-state index contributed by atoms with van der Waals surface area (Å²) in [4.78, 5) is 12.7. The first-order chi connectivity index (χ1) is 15.1. The Kier molecular flexibility index (Phi) is 7.79. The molecule has 1 N–H and O–H groups in total. The van der Waals surface area contributed by atoms with Crippen molar-refractivity contribution in [1.82, 2.24) is 4.31 Å². The van der Waals surface area contributed by atoms with Gasteiger partial charge in [-0.15, -0.1) is 0 Å². The van der Waals surface area contributed by atoms with Gasteiger partial charge >= 0.3 is 0 Å². The largest absolute Gasteiger partial charge is 0.325 e. The van der Waals surface area contributed by atoms with Gasteiger partial charge in [-0.1, -0.05) is 46.9 Å². The number of sulfonamides is 1. The van der Waals surface area contributed by atoms with E-state index in [0.717, 1.165) is 9.87 Å². The summed E-state index contributed by atoms with van der Waals surface area (Å²) in [5.74, 6) is -1.31. The fraction of sp³-hybridized carbons (Fsp3) is 0.136. The Bertz CT molecular complexity index is 1230. The highest BCUT2D eigenvalue weighted by atomic mass is 35.5. The van der Waals surface area contributed by atoms with Gasteiger partial charge in [0.1, 0.15) is 5.82 Å². The van der Waals surface area contributed by atoms with E-state index in [1.54, 1.807) is 25.1 Å². The molecule has 0 aliphatic carbocycles. The van der Waals surface area contributed by atoms with Crippen molar-refractivity contribution in [1.29, 1.82) is 0 Å². The number of hydrogen-bond donors (Lipinski definition) is 1. The molecule has 0 aliphatic rings. The molecular weight excluding hydrogens is 498 g/mol. The number of carbonyl (C=O) groups excluding carboxylic acids is 1. The van der Waals surface area contributed by atoms with Gasteiger partial charge in [0.2, 0.25) is 15.9 Å². The van der Waals surface area contributed by atoms with E-state index in [9.17, 15) is 17.6 Å². The van der Waals surface area contributed by atoms with Gasteiger partial charge in [-0.25, -0.2) is 12.8 Å². The molecule has 0 heterocycles. The molecule has 0 atom stereocenters. The second kappa shape index (κ2) is 10.2. The minimum absolute atomic E-state index is 0.0431. The van der Waals surface area contributed by atoms with Crippen LogP contribution in [0.1, 0.15) is 11.1 Å². The Hall–Kier alpha value is -2.16. The Morgan fingerprint density at radius 2 is 1.66 bits per heavy atom. The Morgan fingerprint density at radius 1 is 1.00 bits per heavy atom. The van der Waals surface area contributed by atoms with E-state index in [2.05, 4.69) is 5.32 Å². The normalized spacial score (nSPS) is 11.6. The average molecular weight is 516 g/mol. The molecule has 0 fully saturated rings. The van der Waals surface area contributed by atoms with Crippen molar-refractivity contribution in [2.45, 2.75) is 18.4 Å². The van der Waals surface area contributed by atoms with Crippen LogP contribution in [0.5, 0.6) is 0 Å². The van der Waals surface area contributed by atoms with Crippen molar-refractivity contribution in [3.8, 4) is 0 Å². The molecule has 0 radical (unpaired) electrons. The predicted molar refractivity (Wildman–Crippen MR) is 125 cm³/mol. The quantitative estimate of drug-likeness (QED) is 0.424. The molecule has 1 amide bonds. The summed E-state index contributed by atoms with van der Waals surface area (Å²) in [5, 5.41) is 3.46. The van der Waals surface area contributed by atoms with Crippen LogP contribution in [0.15, 0.2) is 65.6 Å². The van der Waals surface area contributed by atoms with Gasteiger partial charge in [-0.05, 0) is 61.0 Å². The third-order valence-corrected chi connectivity index (χ3v) is 7.29. The van der Waals surface area contributed by atoms with Gasteiger partial charge in [0.15, 0.2) is 0 Å². The lowest BCUT2D eigenvalue weighted by Crippen LogP contribution is -2.38. The molecule has 168 valence electrons. The minimum atomic E-state index is -4.19. The molecule has 0 spiro atoms. The van der Waals surface area contributed by atoms with E-state index in [4.69, 9.17) is 34.8 Å². The number of halogens is 4. The zero-order chi connectivity index (χ0) is 23.5. The number of hydrogen-bond acceptors (Lipinski definition) is 3. The van der Waals surface area contributed by atoms with Gasteiger partial charge in [0, 0.05) is 32.9 Å². The molecule has 3 rings (SSSR count). The third kappa shape index (κ3) is 5.79. The van der Waals surface area contributed by atoms with Crippen LogP contribution in [0.3, 0.4) is 0 Å². The first-order valence-corrected chi connectivity index (χ1v) is 11.9. The van der Waals surface area contributed by atoms with Gasteiger partial charge in [0.05, 0.1) is 11.4 Å². The molecule has 0 aliphatic heterocycles. The SMILES string of the molecule is Cc1ccc(Cl)cc1NC(=O)CN(Cc1c(F)cccc1Cl)S(=O)(=O)c1ccc(Cl)cc1. The maximum absolute atomic E-state index is 14.4. The minimum Gasteiger partial charge on any atom is -0.325 e. The van der Waals surface area contributed by atoms with Crippen molar-refractivity contribution in [3.63, 3.8) is 0 Å². The van der Waals surface area contributed by atoms with Crippen molar-refractivity contribution >= 4 is 56.4 Å². The van der Waals surface area contributed by atoms with Crippen LogP contribution in [0.2, 0.25) is 15.1 Å². The number of amides is 1. The van der Waals surface area contributed by atoms with Crippen molar-refractivity contribution < 1.29 is 17.6 Å². The Balaban J connectivity index is 1.95. The highest BCUT2D eigenvalue weighted by Crippen LogP contribution is 2.26. The summed E-state index contributed by atoms with van der Waals surface area (Å²) in [5.41, 5.74) is 1.14. The van der Waals surface area contributed by atoms with E-state index in [-0.39, 0.29) is 15.5 Å². The average Bonchev–Trinajstić information content (AvgIpc) is 2.73. The number of benzene rings is 3. The summed E-state index contributed by atoms with van der Waals surface area (Å²) >= 11 is 18.0. The molecular formula is C22H18Cl3FN2O3S. The Morgan fingerprint density at radius 3 is 2.31 bits per heavy atom. The molecule has 0 bridgehead atoms. The summed E-state index contributed by atoms with van der Waals surface area (Å²) in [6.45, 7) is 0.743. The second-order valence-electron chi connectivity index (χ2n) is 6.93. The molecule has 10 heteroatoms. The maximum Gasteiger partial charge on any atom is 0.243 e. The fourth-order valence-corrected chi connectivity index (χ4v) is 4.81. The highest BCUT2D eigenvalue weighted by Gasteiger charge is 2.28. The molecule has 3 aromatic rings. The number of nitrogens with one attached hydrogen (secondary N) is 1. The topological polar surface area (TPSA) is 66.5 Å². The van der Waals surface area contributed by atoms with Gasteiger partial charge in [0.25, 0.3) is 0 Å². The lowest BCUT2D eigenvalue weighted by Gasteiger charge is -2.23. The number of rotatable bonds is 7. The fourth-order valence-electron chi connectivity index (χ4n) is 2.92. The number of carbonyl (C=O) groups is 1. The molecule has 3 aromatic carbocycles. The lowest BCUT2D eigenvalue weighted by molar-refractivity contribution is -0.116. The van der Waals surface area contributed by atoms with E-state index >= 15 is 0 Å². The van der Waals surface area contributed by atoms with Gasteiger partial charge in [-0.3, -0.25) is 4.79 Å². The zero-order valence-electron chi connectivity index (χ0n) is 16.8. The molecule has 0 saturated heterocycles. The summed E-state index contributed by atoms with van der Waals surface area (Å²) in [6.07, 6.45) is 0. The van der Waals surface area contributed by atoms with Crippen molar-refractivity contribution in [3.05, 3.63) is 92.7 Å². The van der Waals surface area contributed by atoms with Crippen LogP contribution in [-0.4, -0.2) is 25.2 Å². The third-order valence-electron chi connectivity index (χ3n) is 4.64. The van der Waals surface area contributed by atoms with Gasteiger partial charge < -0.3 is 5.32 Å². The summed E-state index contributed by atoms with van der Waals surface area (Å²) in [7, 11) is -4.19. The van der Waals surface area contributed by atoms with Crippen LogP contribution < -0.4 is 5.32 Å². The van der Waals surface area contributed by atoms with E-state index < -0.39 is 34.8 Å². The van der Waals surface area contributed by atoms with Crippen molar-refractivity contribution in [2.24, 2.45) is 0 Å². The smallest absolute Gasteiger partial charge is 0.243 e. The van der Waals surface area contributed by atoms with Gasteiger partial charge in [-0.2, -0.15) is 4.31 Å². The van der Waals surface area contributed by atoms with Crippen LogP contribution in [-0.2, 0) is 21.4 Å². The highest BCUT2D eigenvalue weighted by molar-refractivity contribution is 7.89. The van der Waals surface area contributed by atoms with E-state index in [1.165, 1.54) is 42.5 Å². The molecule has 0 saturated carbocycles. The Labute approximate surface area is 200 Å². The number of anilines is 1. The van der Waals surface area contributed by atoms with Crippen LogP contribution in [0, 0.1) is 12.7 Å². The van der Waals surface area contributed by atoms with E-state index in [0.29, 0.717) is 15.7 Å². The maximum atomic E-state index is 14.4. The van der Waals surface area contributed by atoms with Crippen LogP contribution in [0.4, 0.5) is 10.1 Å². The first-order valence-electron chi connectivity index (χ1n) is 9.32. The molecule has 0 unspecified atom stereocenters. The standard InChI is InChI=1S/C22H18Cl3FN2O3S/c1-14-5-6-16(24)11-21(14)27-22(29)13-28(12-18-19(25)3-2-4-20(18)26)32(30,31)17-9-7-15(23)8-10-17/h2-11H,12-13H2,1H3,(H,27,29). The monoisotopic (exact) mass is 514 g/mol.